The van der Waals surface area contributed by atoms with Gasteiger partial charge in [0.15, 0.2) is 6.61 Å². The molecule has 0 aliphatic rings. The summed E-state index contributed by atoms with van der Waals surface area (Å²) < 4.78 is 12.2. The van der Waals surface area contributed by atoms with Crippen molar-refractivity contribution in [3.63, 3.8) is 0 Å². The Morgan fingerprint density at radius 2 is 1.82 bits per heavy atom. The van der Waals surface area contributed by atoms with Gasteiger partial charge in [0.05, 0.1) is 12.2 Å². The lowest BCUT2D eigenvalue weighted by Gasteiger charge is -2.16. The van der Waals surface area contributed by atoms with Crippen LogP contribution in [0.4, 0.5) is 5.82 Å². The first-order chi connectivity index (χ1) is 15.6. The van der Waals surface area contributed by atoms with E-state index in [2.05, 4.69) is 5.32 Å². The van der Waals surface area contributed by atoms with Crippen LogP contribution in [0, 0.1) is 5.92 Å². The molecule has 0 unspecified atom stereocenters. The molecule has 0 spiro atoms. The molecule has 2 aromatic rings. The number of anilines is 1. The maximum atomic E-state index is 12.6. The van der Waals surface area contributed by atoms with Gasteiger partial charge in [-0.3, -0.25) is 28.3 Å². The van der Waals surface area contributed by atoms with Gasteiger partial charge in [-0.1, -0.05) is 26.0 Å². The van der Waals surface area contributed by atoms with Crippen LogP contribution >= 0.6 is 0 Å². The number of ketones is 1. The Hall–Kier alpha value is -3.89. The Labute approximate surface area is 190 Å². The second-order valence-electron chi connectivity index (χ2n) is 7.61. The standard InChI is InChI=1S/C22H28N4O7/c1-5-32-16-9-7-6-8-14(16)20(29)24-10-17(28)33-12-15(27)18-19(23)26(11-13(2)3)22(31)25(4)21(18)30/h6-9,13H,5,10-12,23H2,1-4H3,(H,24,29). The average molecular weight is 460 g/mol. The van der Waals surface area contributed by atoms with Gasteiger partial charge in [-0.25, -0.2) is 4.79 Å². The molecule has 178 valence electrons. The summed E-state index contributed by atoms with van der Waals surface area (Å²) in [5, 5.41) is 2.39. The van der Waals surface area contributed by atoms with E-state index in [9.17, 15) is 24.0 Å². The highest BCUT2D eigenvalue weighted by Crippen LogP contribution is 2.17. The number of hydrogen-bond acceptors (Lipinski definition) is 8. The van der Waals surface area contributed by atoms with Crippen molar-refractivity contribution in [2.24, 2.45) is 13.0 Å². The molecular formula is C22H28N4O7. The lowest BCUT2D eigenvalue weighted by Crippen LogP contribution is -2.43. The van der Waals surface area contributed by atoms with E-state index >= 15 is 0 Å². The zero-order valence-corrected chi connectivity index (χ0v) is 19.0. The number of para-hydroxylation sites is 1. The fourth-order valence-corrected chi connectivity index (χ4v) is 3.04. The summed E-state index contributed by atoms with van der Waals surface area (Å²) in [7, 11) is 1.24. The van der Waals surface area contributed by atoms with E-state index in [0.29, 0.717) is 12.4 Å². The van der Waals surface area contributed by atoms with Crippen LogP contribution in [0.5, 0.6) is 5.75 Å². The number of carbonyl (C=O) groups is 3. The van der Waals surface area contributed by atoms with Crippen LogP contribution in [0.1, 0.15) is 41.5 Å². The lowest BCUT2D eigenvalue weighted by molar-refractivity contribution is -0.141. The van der Waals surface area contributed by atoms with Crippen LogP contribution in [-0.4, -0.2) is 46.6 Å². The highest BCUT2D eigenvalue weighted by Gasteiger charge is 2.23. The number of aromatic nitrogens is 2. The van der Waals surface area contributed by atoms with E-state index in [1.165, 1.54) is 7.05 Å². The summed E-state index contributed by atoms with van der Waals surface area (Å²) in [6, 6.07) is 6.53. The molecule has 0 saturated heterocycles. The van der Waals surface area contributed by atoms with Gasteiger partial charge in [0.25, 0.3) is 11.5 Å². The van der Waals surface area contributed by atoms with E-state index in [0.717, 1.165) is 9.13 Å². The molecule has 0 bridgehead atoms. The van der Waals surface area contributed by atoms with Crippen molar-refractivity contribution < 1.29 is 23.9 Å². The van der Waals surface area contributed by atoms with Gasteiger partial charge < -0.3 is 20.5 Å². The number of Topliss-reactive ketones (excluding diaryl/α,β-unsaturated/α-hetero) is 1. The SMILES string of the molecule is CCOc1ccccc1C(=O)NCC(=O)OCC(=O)c1c(N)n(CC(C)C)c(=O)n(C)c1=O. The second kappa shape index (κ2) is 11.1. The van der Waals surface area contributed by atoms with Crippen LogP contribution in [-0.2, 0) is 23.1 Å². The Bertz CT molecular complexity index is 1160. The van der Waals surface area contributed by atoms with Crippen molar-refractivity contribution in [1.82, 2.24) is 14.5 Å². The molecule has 33 heavy (non-hydrogen) atoms. The molecule has 1 aromatic heterocycles. The first kappa shape index (κ1) is 25.4. The smallest absolute Gasteiger partial charge is 0.332 e. The van der Waals surface area contributed by atoms with Crippen LogP contribution in [0.2, 0.25) is 0 Å². The molecule has 3 N–H and O–H groups in total. The zero-order chi connectivity index (χ0) is 24.7. The summed E-state index contributed by atoms with van der Waals surface area (Å²) in [4.78, 5) is 61.7. The van der Waals surface area contributed by atoms with E-state index in [1.54, 1.807) is 31.2 Å². The first-order valence-corrected chi connectivity index (χ1v) is 10.4. The minimum atomic E-state index is -0.892. The summed E-state index contributed by atoms with van der Waals surface area (Å²) >= 11 is 0. The maximum absolute atomic E-state index is 12.6. The van der Waals surface area contributed by atoms with Gasteiger partial charge in [-0.15, -0.1) is 0 Å². The van der Waals surface area contributed by atoms with Gasteiger partial charge in [0, 0.05) is 13.6 Å². The highest BCUT2D eigenvalue weighted by molar-refractivity contribution is 6.02. The molecule has 0 radical (unpaired) electrons. The van der Waals surface area contributed by atoms with Gasteiger partial charge >= 0.3 is 11.7 Å². The van der Waals surface area contributed by atoms with Gasteiger partial charge in [0.1, 0.15) is 23.7 Å². The molecule has 0 saturated carbocycles. The average Bonchev–Trinajstić information content (AvgIpc) is 2.78. The third kappa shape index (κ3) is 6.09. The molecule has 0 aliphatic carbocycles. The fourth-order valence-electron chi connectivity index (χ4n) is 3.04. The summed E-state index contributed by atoms with van der Waals surface area (Å²) in [5.41, 5.74) is 4.22. The van der Waals surface area contributed by atoms with Gasteiger partial charge in [0.2, 0.25) is 5.78 Å². The summed E-state index contributed by atoms with van der Waals surface area (Å²) in [6.45, 7) is 4.76. The van der Waals surface area contributed by atoms with Crippen molar-refractivity contribution in [2.45, 2.75) is 27.3 Å². The van der Waals surface area contributed by atoms with Gasteiger partial charge in [-0.2, -0.15) is 0 Å². The van der Waals surface area contributed by atoms with E-state index < -0.39 is 47.6 Å². The zero-order valence-electron chi connectivity index (χ0n) is 19.0. The Kier molecular flexibility index (Phi) is 8.55. The Morgan fingerprint density at radius 3 is 2.45 bits per heavy atom. The maximum Gasteiger partial charge on any atom is 0.332 e. The van der Waals surface area contributed by atoms with E-state index in [1.807, 2.05) is 13.8 Å². The molecule has 1 aromatic carbocycles. The Balaban J connectivity index is 2.06. The van der Waals surface area contributed by atoms with Crippen molar-refractivity contribution in [3.05, 3.63) is 56.2 Å². The lowest BCUT2D eigenvalue weighted by atomic mass is 10.1. The summed E-state index contributed by atoms with van der Waals surface area (Å²) in [5.74, 6) is -2.19. The quantitative estimate of drug-likeness (QED) is 0.380. The molecule has 0 fully saturated rings. The number of esters is 1. The predicted octanol–water partition coefficient (Wildman–Crippen LogP) is 0.340. The number of ether oxygens (including phenoxy) is 2. The number of benzene rings is 1. The summed E-state index contributed by atoms with van der Waals surface area (Å²) in [6.07, 6.45) is 0. The predicted molar refractivity (Wildman–Crippen MR) is 120 cm³/mol. The Morgan fingerprint density at radius 1 is 1.15 bits per heavy atom. The molecule has 2 rings (SSSR count). The fraction of sp³-hybridized carbons (Fsp3) is 0.409. The molecular weight excluding hydrogens is 432 g/mol. The topological polar surface area (TPSA) is 152 Å². The van der Waals surface area contributed by atoms with Crippen molar-refractivity contribution in [2.75, 3.05) is 25.5 Å². The molecule has 11 nitrogen and oxygen atoms in total. The second-order valence-corrected chi connectivity index (χ2v) is 7.61. The van der Waals surface area contributed by atoms with Crippen LogP contribution in [0.25, 0.3) is 0 Å². The normalized spacial score (nSPS) is 10.7. The largest absolute Gasteiger partial charge is 0.493 e. The minimum Gasteiger partial charge on any atom is -0.493 e. The number of rotatable bonds is 10. The molecule has 0 aliphatic heterocycles. The first-order valence-electron chi connectivity index (χ1n) is 10.4. The minimum absolute atomic E-state index is 0.0275. The van der Waals surface area contributed by atoms with E-state index in [-0.39, 0.29) is 23.8 Å². The third-order valence-electron chi connectivity index (χ3n) is 4.60. The van der Waals surface area contributed by atoms with E-state index in [4.69, 9.17) is 15.2 Å². The van der Waals surface area contributed by atoms with Crippen LogP contribution < -0.4 is 27.0 Å². The number of nitrogens with zero attached hydrogens (tertiary/aromatic N) is 2. The number of amides is 1. The molecule has 0 atom stereocenters. The number of nitrogens with two attached hydrogens (primary N) is 1. The van der Waals surface area contributed by atoms with Crippen molar-refractivity contribution in [3.8, 4) is 5.75 Å². The molecule has 11 heteroatoms. The molecule has 1 heterocycles. The third-order valence-corrected chi connectivity index (χ3v) is 4.60. The van der Waals surface area contributed by atoms with Gasteiger partial charge in [-0.05, 0) is 25.0 Å². The van der Waals surface area contributed by atoms with Crippen molar-refractivity contribution in [1.29, 1.82) is 0 Å². The molecule has 1 amide bonds. The highest BCUT2D eigenvalue weighted by atomic mass is 16.5. The van der Waals surface area contributed by atoms with Crippen LogP contribution in [0.3, 0.4) is 0 Å². The monoisotopic (exact) mass is 460 g/mol. The number of hydrogen-bond donors (Lipinski definition) is 2. The van der Waals surface area contributed by atoms with Crippen molar-refractivity contribution >= 4 is 23.5 Å². The number of nitrogen functional groups attached to an aromatic ring is 1. The number of carbonyl (C=O) groups excluding carboxylic acids is 3. The number of nitrogens with one attached hydrogen (secondary N) is 1. The van der Waals surface area contributed by atoms with Crippen LogP contribution in [0.15, 0.2) is 33.9 Å².